The van der Waals surface area contributed by atoms with Gasteiger partial charge in [0.15, 0.2) is 11.6 Å². The molecule has 0 unspecified atom stereocenters. The molecule has 0 fully saturated rings. The lowest BCUT2D eigenvalue weighted by atomic mass is 9.84. The summed E-state index contributed by atoms with van der Waals surface area (Å²) in [6.07, 6.45) is -0.0210. The summed E-state index contributed by atoms with van der Waals surface area (Å²) in [6.45, 7) is 1.57. The number of rotatable bonds is 2. The number of halogens is 2. The highest BCUT2D eigenvalue weighted by molar-refractivity contribution is 5.95. The van der Waals surface area contributed by atoms with Gasteiger partial charge >= 0.3 is 5.97 Å². The Morgan fingerprint density at radius 1 is 1.35 bits per heavy atom. The molecule has 1 aromatic carbocycles. The van der Waals surface area contributed by atoms with Crippen LogP contribution in [0.15, 0.2) is 29.5 Å². The molecule has 0 spiro atoms. The zero-order chi connectivity index (χ0) is 14.9. The zero-order valence-electron chi connectivity index (χ0n) is 11.0. The van der Waals surface area contributed by atoms with E-state index in [1.807, 2.05) is 0 Å². The van der Waals surface area contributed by atoms with E-state index >= 15 is 0 Å². The van der Waals surface area contributed by atoms with Gasteiger partial charge in [0.05, 0.1) is 12.7 Å². The first-order valence-electron chi connectivity index (χ1n) is 5.98. The highest BCUT2D eigenvalue weighted by atomic mass is 19.2. The van der Waals surface area contributed by atoms with Crippen molar-refractivity contribution < 1.29 is 23.1 Å². The molecule has 20 heavy (non-hydrogen) atoms. The molecule has 0 bridgehead atoms. The third-order valence-electron chi connectivity index (χ3n) is 3.22. The number of hydrogen-bond acceptors (Lipinski definition) is 3. The third-order valence-corrected chi connectivity index (χ3v) is 3.22. The molecule has 4 nitrogen and oxygen atoms in total. The Morgan fingerprint density at radius 3 is 2.65 bits per heavy atom. The molecule has 1 N–H and O–H groups in total. The summed E-state index contributed by atoms with van der Waals surface area (Å²) in [5, 5.41) is 2.54. The van der Waals surface area contributed by atoms with Crippen molar-refractivity contribution >= 4 is 11.9 Å². The SMILES string of the molecule is COC(=O)C1=C(C)NC(=O)C[C@H]1c1ccc(F)c(F)c1. The maximum Gasteiger partial charge on any atom is 0.336 e. The fourth-order valence-corrected chi connectivity index (χ4v) is 2.30. The van der Waals surface area contributed by atoms with Crippen LogP contribution >= 0.6 is 0 Å². The molecule has 0 radical (unpaired) electrons. The highest BCUT2D eigenvalue weighted by Crippen LogP contribution is 2.33. The first-order chi connectivity index (χ1) is 9.43. The van der Waals surface area contributed by atoms with Gasteiger partial charge in [-0.1, -0.05) is 6.07 Å². The first-order valence-corrected chi connectivity index (χ1v) is 5.98. The molecular weight excluding hydrogens is 268 g/mol. The summed E-state index contributed by atoms with van der Waals surface area (Å²) < 4.78 is 31.0. The van der Waals surface area contributed by atoms with Crippen LogP contribution in [-0.2, 0) is 14.3 Å². The highest BCUT2D eigenvalue weighted by Gasteiger charge is 2.32. The first kappa shape index (κ1) is 14.2. The lowest BCUT2D eigenvalue weighted by Gasteiger charge is -2.26. The quantitative estimate of drug-likeness (QED) is 0.844. The van der Waals surface area contributed by atoms with Gasteiger partial charge in [-0.2, -0.15) is 0 Å². The molecule has 6 heteroatoms. The van der Waals surface area contributed by atoms with E-state index in [0.717, 1.165) is 12.1 Å². The lowest BCUT2D eigenvalue weighted by molar-refractivity contribution is -0.136. The number of esters is 1. The van der Waals surface area contributed by atoms with E-state index in [0.29, 0.717) is 11.3 Å². The molecule has 0 saturated carbocycles. The zero-order valence-corrected chi connectivity index (χ0v) is 11.0. The van der Waals surface area contributed by atoms with Crippen LogP contribution < -0.4 is 5.32 Å². The van der Waals surface area contributed by atoms with E-state index in [9.17, 15) is 18.4 Å². The van der Waals surface area contributed by atoms with Crippen molar-refractivity contribution in [3.8, 4) is 0 Å². The summed E-state index contributed by atoms with van der Waals surface area (Å²) in [6, 6.07) is 3.33. The predicted molar refractivity (Wildman–Crippen MR) is 66.6 cm³/mol. The fraction of sp³-hybridized carbons (Fsp3) is 0.286. The summed E-state index contributed by atoms with van der Waals surface area (Å²) in [7, 11) is 1.22. The standard InChI is InChI=1S/C14H13F2NO3/c1-7-13(14(19)20-2)9(6-12(18)17-7)8-3-4-10(15)11(16)5-8/h3-5,9H,6H2,1-2H3,(H,17,18)/t9-/m0/s1. The molecule has 0 saturated heterocycles. The average molecular weight is 281 g/mol. The Balaban J connectivity index is 2.50. The van der Waals surface area contributed by atoms with Gasteiger partial charge in [0.2, 0.25) is 5.91 Å². The van der Waals surface area contributed by atoms with Crippen LogP contribution in [0.25, 0.3) is 0 Å². The number of nitrogens with one attached hydrogen (secondary N) is 1. The van der Waals surface area contributed by atoms with Crippen LogP contribution in [0, 0.1) is 11.6 Å². The van der Waals surface area contributed by atoms with Crippen molar-refractivity contribution in [1.29, 1.82) is 0 Å². The summed E-state index contributed by atoms with van der Waals surface area (Å²) >= 11 is 0. The Morgan fingerprint density at radius 2 is 2.05 bits per heavy atom. The summed E-state index contributed by atoms with van der Waals surface area (Å²) in [5.41, 5.74) is 0.972. The lowest BCUT2D eigenvalue weighted by Crippen LogP contribution is -2.34. The van der Waals surface area contributed by atoms with E-state index in [1.165, 1.54) is 13.2 Å². The number of carbonyl (C=O) groups excluding carboxylic acids is 2. The van der Waals surface area contributed by atoms with Crippen molar-refractivity contribution in [2.24, 2.45) is 0 Å². The maximum atomic E-state index is 13.3. The monoisotopic (exact) mass is 281 g/mol. The number of allylic oxidation sites excluding steroid dienone is 1. The second-order valence-corrected chi connectivity index (χ2v) is 4.51. The molecule has 1 heterocycles. The van der Waals surface area contributed by atoms with Crippen molar-refractivity contribution in [2.75, 3.05) is 7.11 Å². The molecule has 2 rings (SSSR count). The number of benzene rings is 1. The van der Waals surface area contributed by atoms with Crippen LogP contribution in [0.2, 0.25) is 0 Å². The van der Waals surface area contributed by atoms with E-state index in [4.69, 9.17) is 0 Å². The minimum atomic E-state index is -1.02. The van der Waals surface area contributed by atoms with E-state index < -0.39 is 23.5 Å². The van der Waals surface area contributed by atoms with Gasteiger partial charge in [-0.05, 0) is 24.6 Å². The van der Waals surface area contributed by atoms with Crippen molar-refractivity contribution in [1.82, 2.24) is 5.32 Å². The molecule has 1 aromatic rings. The average Bonchev–Trinajstić information content (AvgIpc) is 2.40. The second kappa shape index (κ2) is 5.40. The van der Waals surface area contributed by atoms with E-state index in [1.54, 1.807) is 6.92 Å². The van der Waals surface area contributed by atoms with Crippen LogP contribution in [-0.4, -0.2) is 19.0 Å². The van der Waals surface area contributed by atoms with Crippen LogP contribution in [0.4, 0.5) is 8.78 Å². The van der Waals surface area contributed by atoms with Crippen molar-refractivity contribution in [3.05, 3.63) is 46.7 Å². The number of methoxy groups -OCH3 is 1. The predicted octanol–water partition coefficient (Wildman–Crippen LogP) is 2.02. The van der Waals surface area contributed by atoms with E-state index in [-0.39, 0.29) is 17.9 Å². The largest absolute Gasteiger partial charge is 0.466 e. The van der Waals surface area contributed by atoms with Crippen LogP contribution in [0.1, 0.15) is 24.8 Å². The minimum Gasteiger partial charge on any atom is -0.466 e. The Labute approximate surface area is 114 Å². The number of amides is 1. The fourth-order valence-electron chi connectivity index (χ4n) is 2.30. The third kappa shape index (κ3) is 2.54. The van der Waals surface area contributed by atoms with Gasteiger partial charge in [0.1, 0.15) is 0 Å². The van der Waals surface area contributed by atoms with Crippen molar-refractivity contribution in [2.45, 2.75) is 19.3 Å². The second-order valence-electron chi connectivity index (χ2n) is 4.51. The maximum absolute atomic E-state index is 13.3. The van der Waals surface area contributed by atoms with Gasteiger partial charge in [0.25, 0.3) is 0 Å². The molecule has 0 aliphatic carbocycles. The Bertz CT molecular complexity index is 610. The van der Waals surface area contributed by atoms with Gasteiger partial charge in [-0.3, -0.25) is 4.79 Å². The van der Waals surface area contributed by atoms with Crippen LogP contribution in [0.5, 0.6) is 0 Å². The van der Waals surface area contributed by atoms with Crippen LogP contribution in [0.3, 0.4) is 0 Å². The van der Waals surface area contributed by atoms with Crippen molar-refractivity contribution in [3.63, 3.8) is 0 Å². The number of ether oxygens (including phenoxy) is 1. The molecule has 1 amide bonds. The number of hydrogen-bond donors (Lipinski definition) is 1. The van der Waals surface area contributed by atoms with Gasteiger partial charge < -0.3 is 10.1 Å². The Hall–Kier alpha value is -2.24. The molecule has 0 aromatic heterocycles. The Kier molecular flexibility index (Phi) is 3.83. The normalized spacial score (nSPS) is 18.8. The topological polar surface area (TPSA) is 55.4 Å². The molecule has 1 aliphatic heterocycles. The molecular formula is C14H13F2NO3. The summed E-state index contributed by atoms with van der Waals surface area (Å²) in [4.78, 5) is 23.4. The minimum absolute atomic E-state index is 0.0210. The summed E-state index contributed by atoms with van der Waals surface area (Å²) in [5.74, 6) is -3.53. The van der Waals surface area contributed by atoms with Gasteiger partial charge in [0, 0.05) is 18.0 Å². The molecule has 106 valence electrons. The smallest absolute Gasteiger partial charge is 0.336 e. The van der Waals surface area contributed by atoms with Gasteiger partial charge in [-0.15, -0.1) is 0 Å². The van der Waals surface area contributed by atoms with E-state index in [2.05, 4.69) is 10.1 Å². The molecule has 1 atom stereocenters. The number of carbonyl (C=O) groups is 2. The molecule has 1 aliphatic rings. The van der Waals surface area contributed by atoms with Gasteiger partial charge in [-0.25, -0.2) is 13.6 Å².